The molecular weight excluding hydrogens is 258 g/mol. The monoisotopic (exact) mass is 279 g/mol. The van der Waals surface area contributed by atoms with Gasteiger partial charge < -0.3 is 10.6 Å². The molecule has 0 aromatic heterocycles. The minimum atomic E-state index is 0.0282. The Kier molecular flexibility index (Phi) is 4.52. The van der Waals surface area contributed by atoms with Crippen molar-refractivity contribution in [1.82, 2.24) is 10.6 Å². The summed E-state index contributed by atoms with van der Waals surface area (Å²) in [5.74, 6) is 0.908. The molecule has 2 aromatic carbocycles. The molecule has 2 aromatic rings. The Morgan fingerprint density at radius 3 is 1.67 bits per heavy atom. The third kappa shape index (κ3) is 3.63. The Morgan fingerprint density at radius 1 is 0.714 bits per heavy atom. The molecule has 0 saturated carbocycles. The average molecular weight is 279 g/mol. The van der Waals surface area contributed by atoms with Crippen molar-refractivity contribution in [3.05, 3.63) is 71.8 Å². The van der Waals surface area contributed by atoms with Crippen LogP contribution in [0.3, 0.4) is 0 Å². The van der Waals surface area contributed by atoms with Gasteiger partial charge in [-0.3, -0.25) is 0 Å². The minimum absolute atomic E-state index is 0.0282. The molecule has 0 amide bonds. The highest BCUT2D eigenvalue weighted by Gasteiger charge is 2.14. The molecule has 0 spiro atoms. The Balaban J connectivity index is 1.94. The molecule has 0 aliphatic carbocycles. The Labute approximate surface area is 126 Å². The van der Waals surface area contributed by atoms with E-state index in [2.05, 4.69) is 59.2 Å². The molecule has 3 rings (SSSR count). The molecule has 108 valence electrons. The van der Waals surface area contributed by atoms with Crippen molar-refractivity contribution in [3.8, 4) is 0 Å². The first-order chi connectivity index (χ1) is 10.4. The van der Waals surface area contributed by atoms with Gasteiger partial charge >= 0.3 is 0 Å². The van der Waals surface area contributed by atoms with Crippen LogP contribution < -0.4 is 10.6 Å². The van der Waals surface area contributed by atoms with Gasteiger partial charge in [-0.1, -0.05) is 60.7 Å². The average Bonchev–Trinajstić information content (AvgIpc) is 2.83. The molecule has 1 aliphatic rings. The van der Waals surface area contributed by atoms with Gasteiger partial charge in [0, 0.05) is 13.1 Å². The fraction of sp³-hybridized carbons (Fsp3) is 0.278. The second kappa shape index (κ2) is 6.93. The van der Waals surface area contributed by atoms with Crippen molar-refractivity contribution >= 4 is 5.96 Å². The van der Waals surface area contributed by atoms with Gasteiger partial charge in [-0.25, -0.2) is 4.99 Å². The van der Waals surface area contributed by atoms with E-state index in [4.69, 9.17) is 4.99 Å². The maximum atomic E-state index is 4.93. The first-order valence-electron chi connectivity index (χ1n) is 7.59. The number of nitrogens with zero attached hydrogens (tertiary/aromatic N) is 1. The SMILES string of the molecule is c1ccc(C(N=C2NCCCCN2)c2ccccc2)cc1. The molecule has 3 heteroatoms. The van der Waals surface area contributed by atoms with Crippen LogP contribution in [0.15, 0.2) is 65.7 Å². The van der Waals surface area contributed by atoms with Gasteiger partial charge in [-0.15, -0.1) is 0 Å². The van der Waals surface area contributed by atoms with E-state index in [0.717, 1.165) is 19.0 Å². The largest absolute Gasteiger partial charge is 0.356 e. The van der Waals surface area contributed by atoms with Crippen molar-refractivity contribution in [2.45, 2.75) is 18.9 Å². The summed E-state index contributed by atoms with van der Waals surface area (Å²) < 4.78 is 0. The maximum absolute atomic E-state index is 4.93. The lowest BCUT2D eigenvalue weighted by Crippen LogP contribution is -2.35. The third-order valence-electron chi connectivity index (χ3n) is 3.68. The predicted octanol–water partition coefficient (Wildman–Crippen LogP) is 3.11. The summed E-state index contributed by atoms with van der Waals surface area (Å²) >= 11 is 0. The van der Waals surface area contributed by atoms with E-state index >= 15 is 0 Å². The summed E-state index contributed by atoms with van der Waals surface area (Å²) in [4.78, 5) is 4.93. The highest BCUT2D eigenvalue weighted by atomic mass is 15.2. The number of hydrogen-bond donors (Lipinski definition) is 2. The van der Waals surface area contributed by atoms with Gasteiger partial charge in [-0.05, 0) is 24.0 Å². The molecule has 1 fully saturated rings. The number of aliphatic imine (C=N–C) groups is 1. The quantitative estimate of drug-likeness (QED) is 0.905. The molecule has 1 saturated heterocycles. The lowest BCUT2D eigenvalue weighted by Gasteiger charge is -2.16. The number of benzene rings is 2. The third-order valence-corrected chi connectivity index (χ3v) is 3.68. The summed E-state index contributed by atoms with van der Waals surface area (Å²) in [7, 11) is 0. The second-order valence-electron chi connectivity index (χ2n) is 5.26. The number of hydrogen-bond acceptors (Lipinski definition) is 1. The smallest absolute Gasteiger partial charge is 0.192 e. The lowest BCUT2D eigenvalue weighted by atomic mass is 9.99. The molecule has 1 aliphatic heterocycles. The first kappa shape index (κ1) is 13.7. The van der Waals surface area contributed by atoms with Crippen LogP contribution in [-0.2, 0) is 0 Å². The highest BCUT2D eigenvalue weighted by molar-refractivity contribution is 5.80. The van der Waals surface area contributed by atoms with Gasteiger partial charge in [0.1, 0.15) is 6.04 Å². The van der Waals surface area contributed by atoms with Crippen LogP contribution in [0, 0.1) is 0 Å². The summed E-state index contributed by atoms with van der Waals surface area (Å²) in [6, 6.07) is 20.9. The van der Waals surface area contributed by atoms with Crippen LogP contribution >= 0.6 is 0 Å². The van der Waals surface area contributed by atoms with E-state index in [1.54, 1.807) is 0 Å². The van der Waals surface area contributed by atoms with Crippen molar-refractivity contribution < 1.29 is 0 Å². The van der Waals surface area contributed by atoms with Crippen molar-refractivity contribution in [1.29, 1.82) is 0 Å². The van der Waals surface area contributed by atoms with Crippen LogP contribution in [0.2, 0.25) is 0 Å². The summed E-state index contributed by atoms with van der Waals surface area (Å²) in [5.41, 5.74) is 2.42. The summed E-state index contributed by atoms with van der Waals surface area (Å²) in [5, 5.41) is 6.78. The zero-order valence-corrected chi connectivity index (χ0v) is 12.1. The van der Waals surface area contributed by atoms with Crippen molar-refractivity contribution in [2.24, 2.45) is 4.99 Å². The molecule has 21 heavy (non-hydrogen) atoms. The van der Waals surface area contributed by atoms with E-state index in [1.165, 1.54) is 24.0 Å². The van der Waals surface area contributed by atoms with E-state index in [0.29, 0.717) is 0 Å². The molecular formula is C18H21N3. The predicted molar refractivity (Wildman–Crippen MR) is 87.4 cm³/mol. The molecule has 0 bridgehead atoms. The molecule has 2 N–H and O–H groups in total. The standard InChI is InChI=1S/C18H21N3/c1-3-9-15(10-4-1)17(16-11-5-2-6-12-16)21-18-19-13-7-8-14-20-18/h1-6,9-12,17H,7-8,13-14H2,(H2,19,20,21). The Morgan fingerprint density at radius 2 is 1.19 bits per heavy atom. The molecule has 0 radical (unpaired) electrons. The van der Waals surface area contributed by atoms with Crippen LogP contribution in [0.5, 0.6) is 0 Å². The fourth-order valence-corrected chi connectivity index (χ4v) is 2.56. The maximum Gasteiger partial charge on any atom is 0.192 e. The zero-order chi connectivity index (χ0) is 14.3. The van der Waals surface area contributed by atoms with Crippen molar-refractivity contribution in [3.63, 3.8) is 0 Å². The molecule has 3 nitrogen and oxygen atoms in total. The molecule has 0 unspecified atom stereocenters. The number of rotatable bonds is 3. The fourth-order valence-electron chi connectivity index (χ4n) is 2.56. The second-order valence-corrected chi connectivity index (χ2v) is 5.26. The normalized spacial score (nSPS) is 15.0. The van der Waals surface area contributed by atoms with Gasteiger partial charge in [-0.2, -0.15) is 0 Å². The van der Waals surface area contributed by atoms with E-state index in [-0.39, 0.29) is 6.04 Å². The number of guanidine groups is 1. The van der Waals surface area contributed by atoms with E-state index in [1.807, 2.05) is 12.1 Å². The summed E-state index contributed by atoms with van der Waals surface area (Å²) in [6.07, 6.45) is 2.38. The number of nitrogens with one attached hydrogen (secondary N) is 2. The Hall–Kier alpha value is -2.29. The van der Waals surface area contributed by atoms with Crippen LogP contribution in [0.4, 0.5) is 0 Å². The van der Waals surface area contributed by atoms with Crippen LogP contribution in [0.25, 0.3) is 0 Å². The van der Waals surface area contributed by atoms with E-state index < -0.39 is 0 Å². The molecule has 1 heterocycles. The summed E-state index contributed by atoms with van der Waals surface area (Å²) in [6.45, 7) is 1.98. The van der Waals surface area contributed by atoms with Gasteiger partial charge in [0.2, 0.25) is 0 Å². The molecule has 0 atom stereocenters. The highest BCUT2D eigenvalue weighted by Crippen LogP contribution is 2.25. The zero-order valence-electron chi connectivity index (χ0n) is 12.1. The van der Waals surface area contributed by atoms with E-state index in [9.17, 15) is 0 Å². The van der Waals surface area contributed by atoms with Crippen LogP contribution in [0.1, 0.15) is 30.0 Å². The van der Waals surface area contributed by atoms with Gasteiger partial charge in [0.25, 0.3) is 0 Å². The lowest BCUT2D eigenvalue weighted by molar-refractivity contribution is 0.742. The van der Waals surface area contributed by atoms with Gasteiger partial charge in [0.15, 0.2) is 5.96 Å². The minimum Gasteiger partial charge on any atom is -0.356 e. The Bertz CT molecular complexity index is 528. The van der Waals surface area contributed by atoms with Gasteiger partial charge in [0.05, 0.1) is 0 Å². The van der Waals surface area contributed by atoms with Crippen LogP contribution in [-0.4, -0.2) is 19.0 Å². The topological polar surface area (TPSA) is 36.4 Å². The first-order valence-corrected chi connectivity index (χ1v) is 7.59. The van der Waals surface area contributed by atoms with Crippen molar-refractivity contribution in [2.75, 3.05) is 13.1 Å².